The lowest BCUT2D eigenvalue weighted by Gasteiger charge is -2.22. The Labute approximate surface area is 152 Å². The Morgan fingerprint density at radius 3 is 2.88 bits per heavy atom. The normalized spacial score (nSPS) is 15.1. The second-order valence-corrected chi connectivity index (χ2v) is 7.58. The van der Waals surface area contributed by atoms with Gasteiger partial charge in [0.1, 0.15) is 4.88 Å². The van der Waals surface area contributed by atoms with Gasteiger partial charge in [-0.2, -0.15) is 0 Å². The Morgan fingerprint density at radius 2 is 2.16 bits per heavy atom. The number of hydrogen-bond acceptors (Lipinski definition) is 5. The Morgan fingerprint density at radius 1 is 1.36 bits per heavy atom. The summed E-state index contributed by atoms with van der Waals surface area (Å²) < 4.78 is 5.98. The fraction of sp³-hybridized carbons (Fsp3) is 0.526. The second-order valence-electron chi connectivity index (χ2n) is 6.50. The Kier molecular flexibility index (Phi) is 6.02. The zero-order valence-corrected chi connectivity index (χ0v) is 15.7. The second kappa shape index (κ2) is 8.43. The predicted octanol–water partition coefficient (Wildman–Crippen LogP) is 4.62. The lowest BCUT2D eigenvalue weighted by atomic mass is 9.90. The molecule has 0 aromatic carbocycles. The summed E-state index contributed by atoms with van der Waals surface area (Å²) in [4.78, 5) is 21.9. The van der Waals surface area contributed by atoms with Crippen molar-refractivity contribution in [2.45, 2.75) is 52.4 Å². The average Bonchev–Trinajstić information content (AvgIpc) is 3.03. The van der Waals surface area contributed by atoms with Crippen LogP contribution >= 0.6 is 11.3 Å². The fourth-order valence-corrected chi connectivity index (χ4v) is 4.04. The molecule has 3 rings (SSSR count). The van der Waals surface area contributed by atoms with Gasteiger partial charge in [0.2, 0.25) is 0 Å². The summed E-state index contributed by atoms with van der Waals surface area (Å²) in [5.41, 5.74) is 0.764. The van der Waals surface area contributed by atoms with Crippen LogP contribution in [0.2, 0.25) is 0 Å². The first-order valence-corrected chi connectivity index (χ1v) is 9.84. The molecule has 1 aliphatic carbocycles. The van der Waals surface area contributed by atoms with Crippen molar-refractivity contribution in [1.82, 2.24) is 9.97 Å². The van der Waals surface area contributed by atoms with Crippen molar-refractivity contribution < 1.29 is 9.53 Å². The molecule has 1 saturated carbocycles. The summed E-state index contributed by atoms with van der Waals surface area (Å²) in [7, 11) is 0. The third kappa shape index (κ3) is 4.57. The van der Waals surface area contributed by atoms with Gasteiger partial charge in [-0.1, -0.05) is 26.2 Å². The Hall–Kier alpha value is -1.95. The third-order valence-electron chi connectivity index (χ3n) is 4.55. The molecular weight excluding hydrogens is 334 g/mol. The van der Waals surface area contributed by atoms with E-state index in [2.05, 4.69) is 15.3 Å². The van der Waals surface area contributed by atoms with Gasteiger partial charge >= 0.3 is 0 Å². The first-order chi connectivity index (χ1) is 12.2. The summed E-state index contributed by atoms with van der Waals surface area (Å²) in [6, 6.07) is 3.70. The molecular formula is C19H25N3O2S. The van der Waals surface area contributed by atoms with Crippen LogP contribution in [-0.2, 0) is 6.42 Å². The van der Waals surface area contributed by atoms with E-state index in [1.165, 1.54) is 43.4 Å². The largest absolute Gasteiger partial charge is 0.489 e. The maximum Gasteiger partial charge on any atom is 0.268 e. The van der Waals surface area contributed by atoms with Gasteiger partial charge in [-0.25, -0.2) is 9.97 Å². The summed E-state index contributed by atoms with van der Waals surface area (Å²) >= 11 is 1.44. The predicted molar refractivity (Wildman–Crippen MR) is 100 cm³/mol. The highest BCUT2D eigenvalue weighted by Gasteiger charge is 2.18. The quantitative estimate of drug-likeness (QED) is 0.817. The number of nitrogens with zero attached hydrogens (tertiary/aromatic N) is 2. The number of carbonyl (C=O) groups is 1. The standard InChI is InChI=1S/C19H25N3O2S/c1-3-16-21-13(2)17(25-16)19(23)22-18-15(10-7-11-20-18)24-12-14-8-5-4-6-9-14/h7,10-11,14H,3-6,8-9,12H2,1-2H3,(H,20,22,23). The summed E-state index contributed by atoms with van der Waals surface area (Å²) in [5, 5.41) is 3.86. The van der Waals surface area contributed by atoms with Crippen LogP contribution in [0, 0.1) is 12.8 Å². The lowest BCUT2D eigenvalue weighted by molar-refractivity contribution is 0.102. The van der Waals surface area contributed by atoms with Crippen LogP contribution in [0.5, 0.6) is 5.75 Å². The molecule has 134 valence electrons. The molecule has 0 saturated heterocycles. The SMILES string of the molecule is CCc1nc(C)c(C(=O)Nc2ncccc2OCC2CCCCC2)s1. The van der Waals surface area contributed by atoms with Gasteiger partial charge in [-0.15, -0.1) is 11.3 Å². The van der Waals surface area contributed by atoms with Crippen molar-refractivity contribution in [1.29, 1.82) is 0 Å². The number of aryl methyl sites for hydroxylation is 2. The number of anilines is 1. The lowest BCUT2D eigenvalue weighted by Crippen LogP contribution is -2.17. The molecule has 1 fully saturated rings. The number of nitrogens with one attached hydrogen (secondary N) is 1. The van der Waals surface area contributed by atoms with E-state index in [0.29, 0.717) is 29.0 Å². The highest BCUT2D eigenvalue weighted by atomic mass is 32.1. The van der Waals surface area contributed by atoms with Gasteiger partial charge < -0.3 is 10.1 Å². The van der Waals surface area contributed by atoms with Crippen molar-refractivity contribution in [3.8, 4) is 5.75 Å². The molecule has 1 N–H and O–H groups in total. The first kappa shape index (κ1) is 17.9. The maximum absolute atomic E-state index is 12.6. The van der Waals surface area contributed by atoms with E-state index in [9.17, 15) is 4.79 Å². The van der Waals surface area contributed by atoms with Crippen molar-refractivity contribution in [3.63, 3.8) is 0 Å². The summed E-state index contributed by atoms with van der Waals surface area (Å²) in [6.45, 7) is 4.59. The summed E-state index contributed by atoms with van der Waals surface area (Å²) in [6.07, 6.45) is 8.85. The molecule has 0 spiro atoms. The van der Waals surface area contributed by atoms with Crippen LogP contribution in [0.3, 0.4) is 0 Å². The van der Waals surface area contributed by atoms with Gasteiger partial charge in [-0.3, -0.25) is 4.79 Å². The fourth-order valence-electron chi connectivity index (χ4n) is 3.14. The van der Waals surface area contributed by atoms with Crippen LogP contribution in [0.4, 0.5) is 5.82 Å². The maximum atomic E-state index is 12.6. The molecule has 0 bridgehead atoms. The minimum absolute atomic E-state index is 0.170. The topological polar surface area (TPSA) is 64.1 Å². The van der Waals surface area contributed by atoms with Crippen molar-refractivity contribution in [2.75, 3.05) is 11.9 Å². The number of thiazole rings is 1. The van der Waals surface area contributed by atoms with E-state index >= 15 is 0 Å². The van der Waals surface area contributed by atoms with Gasteiger partial charge in [0, 0.05) is 6.20 Å². The molecule has 2 aromatic rings. The minimum atomic E-state index is -0.170. The number of hydrogen-bond donors (Lipinski definition) is 1. The van der Waals surface area contributed by atoms with Gasteiger partial charge in [0.25, 0.3) is 5.91 Å². The Balaban J connectivity index is 1.67. The number of ether oxygens (including phenoxy) is 1. The highest BCUT2D eigenvalue weighted by Crippen LogP contribution is 2.28. The van der Waals surface area contributed by atoms with Crippen molar-refractivity contribution in [2.24, 2.45) is 5.92 Å². The van der Waals surface area contributed by atoms with Crippen LogP contribution in [0.25, 0.3) is 0 Å². The monoisotopic (exact) mass is 359 g/mol. The molecule has 2 heterocycles. The average molecular weight is 359 g/mol. The number of pyridine rings is 1. The van der Waals surface area contributed by atoms with E-state index in [1.807, 2.05) is 26.0 Å². The van der Waals surface area contributed by atoms with Gasteiger partial charge in [0.15, 0.2) is 11.6 Å². The summed E-state index contributed by atoms with van der Waals surface area (Å²) in [5.74, 6) is 1.55. The molecule has 25 heavy (non-hydrogen) atoms. The van der Waals surface area contributed by atoms with Crippen LogP contribution in [-0.4, -0.2) is 22.5 Å². The number of rotatable bonds is 6. The van der Waals surface area contributed by atoms with E-state index in [-0.39, 0.29) is 5.91 Å². The number of carbonyl (C=O) groups excluding carboxylic acids is 1. The van der Waals surface area contributed by atoms with Gasteiger partial charge in [0.05, 0.1) is 17.3 Å². The molecule has 1 amide bonds. The molecule has 5 nitrogen and oxygen atoms in total. The van der Waals surface area contributed by atoms with Crippen molar-refractivity contribution >= 4 is 23.1 Å². The molecule has 0 aliphatic heterocycles. The minimum Gasteiger partial charge on any atom is -0.489 e. The molecule has 1 aliphatic rings. The van der Waals surface area contributed by atoms with Crippen LogP contribution in [0.1, 0.15) is 59.4 Å². The van der Waals surface area contributed by atoms with Crippen molar-refractivity contribution in [3.05, 3.63) is 33.9 Å². The van der Waals surface area contributed by atoms with E-state index in [1.54, 1.807) is 6.20 Å². The highest BCUT2D eigenvalue weighted by molar-refractivity contribution is 7.13. The van der Waals surface area contributed by atoms with E-state index in [0.717, 1.165) is 17.1 Å². The zero-order chi connectivity index (χ0) is 17.6. The molecule has 0 unspecified atom stereocenters. The number of amides is 1. The van der Waals surface area contributed by atoms with E-state index < -0.39 is 0 Å². The molecule has 2 aromatic heterocycles. The van der Waals surface area contributed by atoms with E-state index in [4.69, 9.17) is 4.74 Å². The first-order valence-electron chi connectivity index (χ1n) is 9.02. The molecule has 0 atom stereocenters. The van der Waals surface area contributed by atoms with Crippen LogP contribution < -0.4 is 10.1 Å². The Bertz CT molecular complexity index is 723. The third-order valence-corrected chi connectivity index (χ3v) is 5.85. The molecule has 6 heteroatoms. The number of aromatic nitrogens is 2. The van der Waals surface area contributed by atoms with Gasteiger partial charge in [-0.05, 0) is 44.2 Å². The zero-order valence-electron chi connectivity index (χ0n) is 14.9. The smallest absolute Gasteiger partial charge is 0.268 e. The van der Waals surface area contributed by atoms with Crippen LogP contribution in [0.15, 0.2) is 18.3 Å². The molecule has 0 radical (unpaired) electrons.